The summed E-state index contributed by atoms with van der Waals surface area (Å²) in [6.07, 6.45) is 2.80. The van der Waals surface area contributed by atoms with Gasteiger partial charge in [-0.1, -0.05) is 29.8 Å². The Labute approximate surface area is 174 Å². The third kappa shape index (κ3) is 4.32. The van der Waals surface area contributed by atoms with E-state index in [1.165, 1.54) is 6.08 Å². The average molecular weight is 412 g/mol. The largest absolute Gasteiger partial charge is 0.454 e. The van der Waals surface area contributed by atoms with E-state index >= 15 is 0 Å². The number of Topliss-reactive ketones (excluding diaryl/α,β-unsaturated/α-hetero) is 1. The van der Waals surface area contributed by atoms with Crippen LogP contribution in [0.5, 0.6) is 0 Å². The molecule has 3 aromatic rings. The third-order valence-electron chi connectivity index (χ3n) is 4.86. The van der Waals surface area contributed by atoms with E-state index in [0.717, 1.165) is 17.1 Å². The number of rotatable bonds is 6. The first-order chi connectivity index (χ1) is 13.8. The first kappa shape index (κ1) is 20.6. The molecular formula is C22H22ClN3O3. The van der Waals surface area contributed by atoms with Gasteiger partial charge in [-0.3, -0.25) is 4.79 Å². The van der Waals surface area contributed by atoms with Crippen molar-refractivity contribution in [2.75, 3.05) is 6.61 Å². The van der Waals surface area contributed by atoms with Gasteiger partial charge in [0.05, 0.1) is 11.4 Å². The van der Waals surface area contributed by atoms with E-state index in [1.807, 2.05) is 55.8 Å². The fraction of sp³-hybridized carbons (Fsp3) is 0.227. The Bertz CT molecular complexity index is 1090. The summed E-state index contributed by atoms with van der Waals surface area (Å²) in [5.74, 6) is -0.856. The number of para-hydroxylation sites is 1. The van der Waals surface area contributed by atoms with Crippen molar-refractivity contribution in [2.24, 2.45) is 7.05 Å². The van der Waals surface area contributed by atoms with Crippen LogP contribution in [0.25, 0.3) is 11.8 Å². The molecule has 0 spiro atoms. The second-order valence-electron chi connectivity index (χ2n) is 6.75. The predicted molar refractivity (Wildman–Crippen MR) is 113 cm³/mol. The normalized spacial score (nSPS) is 11.2. The monoisotopic (exact) mass is 411 g/mol. The molecular weight excluding hydrogens is 390 g/mol. The lowest BCUT2D eigenvalue weighted by Crippen LogP contribution is -2.13. The van der Waals surface area contributed by atoms with Gasteiger partial charge < -0.3 is 9.30 Å². The number of benzene rings is 1. The standard InChI is InChI=1S/C22H22ClN3O3/c1-14-12-19(16(3)25(14)4)20(27)13-29-21(28)11-10-18-15(2)24-26(22(18)23)17-8-6-5-7-9-17/h5-12H,13H2,1-4H3/b11-10+. The lowest BCUT2D eigenvalue weighted by Gasteiger charge is -2.03. The molecule has 0 aliphatic rings. The Hall–Kier alpha value is -3.12. The first-order valence-electron chi connectivity index (χ1n) is 9.11. The predicted octanol–water partition coefficient (Wildman–Crippen LogP) is 4.23. The fourth-order valence-corrected chi connectivity index (χ4v) is 3.33. The Kier molecular flexibility index (Phi) is 6.03. The molecule has 0 fully saturated rings. The van der Waals surface area contributed by atoms with Crippen LogP contribution in [-0.2, 0) is 16.6 Å². The lowest BCUT2D eigenvalue weighted by molar-refractivity contribution is -0.136. The van der Waals surface area contributed by atoms with Gasteiger partial charge in [0.1, 0.15) is 5.15 Å². The van der Waals surface area contributed by atoms with Gasteiger partial charge in [-0.2, -0.15) is 5.10 Å². The van der Waals surface area contributed by atoms with Crippen LogP contribution in [-0.4, -0.2) is 32.7 Å². The van der Waals surface area contributed by atoms with Gasteiger partial charge >= 0.3 is 5.97 Å². The molecule has 0 radical (unpaired) electrons. The zero-order valence-corrected chi connectivity index (χ0v) is 17.5. The highest BCUT2D eigenvalue weighted by Gasteiger charge is 2.16. The summed E-state index contributed by atoms with van der Waals surface area (Å²) in [7, 11) is 1.89. The first-order valence-corrected chi connectivity index (χ1v) is 9.49. The van der Waals surface area contributed by atoms with Crippen molar-refractivity contribution in [1.82, 2.24) is 14.3 Å². The minimum atomic E-state index is -0.619. The minimum absolute atomic E-state index is 0.237. The van der Waals surface area contributed by atoms with E-state index in [-0.39, 0.29) is 12.4 Å². The molecule has 150 valence electrons. The van der Waals surface area contributed by atoms with Crippen molar-refractivity contribution in [2.45, 2.75) is 20.8 Å². The Morgan fingerprint density at radius 1 is 1.17 bits per heavy atom. The number of nitrogens with zero attached hydrogens (tertiary/aromatic N) is 3. The molecule has 0 saturated carbocycles. The molecule has 0 aliphatic carbocycles. The zero-order chi connectivity index (χ0) is 21.1. The minimum Gasteiger partial charge on any atom is -0.454 e. The summed E-state index contributed by atoms with van der Waals surface area (Å²) in [5, 5.41) is 4.81. The van der Waals surface area contributed by atoms with Gasteiger partial charge in [0, 0.05) is 35.6 Å². The molecule has 2 aromatic heterocycles. The SMILES string of the molecule is Cc1nn(-c2ccccc2)c(Cl)c1/C=C/C(=O)OCC(=O)c1cc(C)n(C)c1C. The number of carbonyl (C=O) groups is 2. The maximum absolute atomic E-state index is 12.3. The van der Waals surface area contributed by atoms with Crippen molar-refractivity contribution in [3.63, 3.8) is 0 Å². The van der Waals surface area contributed by atoms with Gasteiger partial charge in [0.2, 0.25) is 5.78 Å². The molecule has 0 unspecified atom stereocenters. The number of halogens is 1. The highest BCUT2D eigenvalue weighted by Crippen LogP contribution is 2.24. The van der Waals surface area contributed by atoms with E-state index < -0.39 is 5.97 Å². The van der Waals surface area contributed by atoms with Gasteiger partial charge in [0.25, 0.3) is 0 Å². The number of carbonyl (C=O) groups excluding carboxylic acids is 2. The van der Waals surface area contributed by atoms with Crippen LogP contribution >= 0.6 is 11.6 Å². The number of hydrogen-bond donors (Lipinski definition) is 0. The average Bonchev–Trinajstić information content (AvgIpc) is 3.15. The van der Waals surface area contributed by atoms with Crippen LogP contribution in [0, 0.1) is 20.8 Å². The smallest absolute Gasteiger partial charge is 0.331 e. The summed E-state index contributed by atoms with van der Waals surface area (Å²) in [6.45, 7) is 5.27. The van der Waals surface area contributed by atoms with E-state index in [9.17, 15) is 9.59 Å². The van der Waals surface area contributed by atoms with Gasteiger partial charge in [-0.05, 0) is 45.0 Å². The molecule has 6 nitrogen and oxygen atoms in total. The molecule has 0 aliphatic heterocycles. The number of aromatic nitrogens is 3. The lowest BCUT2D eigenvalue weighted by atomic mass is 10.1. The van der Waals surface area contributed by atoms with E-state index in [0.29, 0.717) is 22.0 Å². The molecule has 1 aromatic carbocycles. The maximum Gasteiger partial charge on any atom is 0.331 e. The van der Waals surface area contributed by atoms with Crippen molar-refractivity contribution in [1.29, 1.82) is 0 Å². The number of ether oxygens (including phenoxy) is 1. The van der Waals surface area contributed by atoms with Gasteiger partial charge in [0.15, 0.2) is 6.61 Å². The van der Waals surface area contributed by atoms with Crippen molar-refractivity contribution in [3.05, 3.63) is 75.8 Å². The molecule has 2 heterocycles. The molecule has 29 heavy (non-hydrogen) atoms. The number of aryl methyl sites for hydroxylation is 2. The Morgan fingerprint density at radius 3 is 2.48 bits per heavy atom. The van der Waals surface area contributed by atoms with Crippen LogP contribution in [0.4, 0.5) is 0 Å². The topological polar surface area (TPSA) is 66.1 Å². The van der Waals surface area contributed by atoms with E-state index in [2.05, 4.69) is 5.10 Å². The van der Waals surface area contributed by atoms with Crippen molar-refractivity contribution >= 4 is 29.4 Å². The maximum atomic E-state index is 12.3. The fourth-order valence-electron chi connectivity index (χ4n) is 2.99. The Balaban J connectivity index is 1.67. The summed E-state index contributed by atoms with van der Waals surface area (Å²) in [4.78, 5) is 24.4. The summed E-state index contributed by atoms with van der Waals surface area (Å²) in [5.41, 5.74) is 4.49. The van der Waals surface area contributed by atoms with Crippen LogP contribution in [0.15, 0.2) is 42.5 Å². The summed E-state index contributed by atoms with van der Waals surface area (Å²) < 4.78 is 8.62. The number of esters is 1. The second-order valence-corrected chi connectivity index (χ2v) is 7.10. The van der Waals surface area contributed by atoms with Crippen molar-refractivity contribution < 1.29 is 14.3 Å². The molecule has 0 N–H and O–H groups in total. The van der Waals surface area contributed by atoms with Gasteiger partial charge in [-0.25, -0.2) is 9.48 Å². The molecule has 3 rings (SSSR count). The quantitative estimate of drug-likeness (QED) is 0.346. The molecule has 0 amide bonds. The summed E-state index contributed by atoms with van der Waals surface area (Å²) in [6, 6.07) is 11.3. The van der Waals surface area contributed by atoms with Crippen LogP contribution < -0.4 is 0 Å². The zero-order valence-electron chi connectivity index (χ0n) is 16.8. The highest BCUT2D eigenvalue weighted by molar-refractivity contribution is 6.31. The van der Waals surface area contributed by atoms with Crippen LogP contribution in [0.1, 0.15) is 33.0 Å². The highest BCUT2D eigenvalue weighted by atomic mass is 35.5. The molecule has 7 heteroatoms. The third-order valence-corrected chi connectivity index (χ3v) is 5.22. The van der Waals surface area contributed by atoms with Crippen molar-refractivity contribution in [3.8, 4) is 5.69 Å². The molecule has 0 atom stereocenters. The van der Waals surface area contributed by atoms with E-state index in [1.54, 1.807) is 23.7 Å². The number of hydrogen-bond acceptors (Lipinski definition) is 4. The second kappa shape index (κ2) is 8.49. The van der Waals surface area contributed by atoms with Gasteiger partial charge in [-0.15, -0.1) is 0 Å². The Morgan fingerprint density at radius 2 is 1.86 bits per heavy atom. The van der Waals surface area contributed by atoms with E-state index in [4.69, 9.17) is 16.3 Å². The molecule has 0 bridgehead atoms. The number of ketones is 1. The summed E-state index contributed by atoms with van der Waals surface area (Å²) >= 11 is 6.43. The van der Waals surface area contributed by atoms with Crippen LogP contribution in [0.2, 0.25) is 5.15 Å². The van der Waals surface area contributed by atoms with Crippen LogP contribution in [0.3, 0.4) is 0 Å². The molecule has 0 saturated heterocycles.